The van der Waals surface area contributed by atoms with Crippen molar-refractivity contribution in [2.24, 2.45) is 0 Å². The summed E-state index contributed by atoms with van der Waals surface area (Å²) in [4.78, 5) is 14.3. The molecular formula is C17H25N3O. The summed E-state index contributed by atoms with van der Waals surface area (Å²) in [7, 11) is 0. The van der Waals surface area contributed by atoms with E-state index in [9.17, 15) is 4.79 Å². The molecule has 1 aromatic carbocycles. The number of amides is 2. The highest BCUT2D eigenvalue weighted by Gasteiger charge is 2.26. The average Bonchev–Trinajstić information content (AvgIpc) is 2.72. The van der Waals surface area contributed by atoms with Crippen LogP contribution < -0.4 is 15.5 Å². The third kappa shape index (κ3) is 2.64. The molecule has 2 aliphatic heterocycles. The third-order valence-corrected chi connectivity index (χ3v) is 4.64. The third-order valence-electron chi connectivity index (χ3n) is 4.64. The Bertz CT molecular complexity index is 553. The Morgan fingerprint density at radius 2 is 2.10 bits per heavy atom. The van der Waals surface area contributed by atoms with Gasteiger partial charge in [0.2, 0.25) is 0 Å². The standard InChI is InChI=1S/C17H25N3O/c1-3-19-17(21)20-10-4-5-14-11-13-6-8-18-9-7-15(13)12(2)16(14)20/h11,18H,3-10H2,1-2H3,(H,19,21). The van der Waals surface area contributed by atoms with E-state index in [2.05, 4.69) is 23.6 Å². The van der Waals surface area contributed by atoms with Crippen LogP contribution in [0.2, 0.25) is 0 Å². The van der Waals surface area contributed by atoms with Gasteiger partial charge in [-0.2, -0.15) is 0 Å². The molecule has 2 heterocycles. The van der Waals surface area contributed by atoms with Gasteiger partial charge in [0.15, 0.2) is 0 Å². The quantitative estimate of drug-likeness (QED) is 0.831. The minimum atomic E-state index is 0.0493. The zero-order valence-corrected chi connectivity index (χ0v) is 13.1. The highest BCUT2D eigenvalue weighted by atomic mass is 16.2. The molecule has 2 N–H and O–H groups in total. The Morgan fingerprint density at radius 3 is 2.90 bits per heavy atom. The largest absolute Gasteiger partial charge is 0.338 e. The SMILES string of the molecule is CCNC(=O)N1CCCc2cc3c(c(C)c21)CCNCC3. The molecule has 0 saturated carbocycles. The molecule has 21 heavy (non-hydrogen) atoms. The maximum atomic E-state index is 12.4. The number of nitrogens with zero attached hydrogens (tertiary/aromatic N) is 1. The van der Waals surface area contributed by atoms with Crippen LogP contribution in [0.5, 0.6) is 0 Å². The van der Waals surface area contributed by atoms with Crippen molar-refractivity contribution in [2.75, 3.05) is 31.1 Å². The zero-order valence-electron chi connectivity index (χ0n) is 13.1. The molecule has 0 aliphatic carbocycles. The molecule has 2 aliphatic rings. The maximum Gasteiger partial charge on any atom is 0.321 e. The predicted molar refractivity (Wildman–Crippen MR) is 86.2 cm³/mol. The summed E-state index contributed by atoms with van der Waals surface area (Å²) in [6.45, 7) is 7.77. The van der Waals surface area contributed by atoms with Crippen molar-refractivity contribution in [2.45, 2.75) is 39.5 Å². The topological polar surface area (TPSA) is 44.4 Å². The van der Waals surface area contributed by atoms with Gasteiger partial charge in [-0.05, 0) is 74.9 Å². The molecule has 4 heteroatoms. The minimum absolute atomic E-state index is 0.0493. The molecule has 3 rings (SSSR count). The lowest BCUT2D eigenvalue weighted by Gasteiger charge is -2.33. The molecule has 0 bridgehead atoms. The molecule has 0 spiro atoms. The van der Waals surface area contributed by atoms with Crippen molar-refractivity contribution in [3.63, 3.8) is 0 Å². The van der Waals surface area contributed by atoms with Crippen LogP contribution in [-0.2, 0) is 19.3 Å². The maximum absolute atomic E-state index is 12.4. The molecule has 0 saturated heterocycles. The van der Waals surface area contributed by atoms with Crippen LogP contribution in [0.25, 0.3) is 0 Å². The Hall–Kier alpha value is -1.55. The fourth-order valence-electron chi connectivity index (χ4n) is 3.68. The minimum Gasteiger partial charge on any atom is -0.338 e. The fourth-order valence-corrected chi connectivity index (χ4v) is 3.68. The van der Waals surface area contributed by atoms with Crippen molar-refractivity contribution < 1.29 is 4.79 Å². The smallest absolute Gasteiger partial charge is 0.321 e. The lowest BCUT2D eigenvalue weighted by Crippen LogP contribution is -2.43. The summed E-state index contributed by atoms with van der Waals surface area (Å²) in [5.41, 5.74) is 6.78. The van der Waals surface area contributed by atoms with Crippen LogP contribution in [0.3, 0.4) is 0 Å². The van der Waals surface area contributed by atoms with Crippen LogP contribution in [0.4, 0.5) is 10.5 Å². The van der Waals surface area contributed by atoms with Crippen molar-refractivity contribution in [1.82, 2.24) is 10.6 Å². The molecule has 1 aromatic rings. The van der Waals surface area contributed by atoms with Crippen LogP contribution in [-0.4, -0.2) is 32.2 Å². The van der Waals surface area contributed by atoms with Crippen molar-refractivity contribution in [1.29, 1.82) is 0 Å². The molecule has 0 radical (unpaired) electrons. The first-order valence-electron chi connectivity index (χ1n) is 8.12. The van der Waals surface area contributed by atoms with E-state index in [-0.39, 0.29) is 6.03 Å². The van der Waals surface area contributed by atoms with Crippen LogP contribution in [0.15, 0.2) is 6.07 Å². The molecule has 114 valence electrons. The zero-order chi connectivity index (χ0) is 14.8. The van der Waals surface area contributed by atoms with Crippen molar-refractivity contribution >= 4 is 11.7 Å². The van der Waals surface area contributed by atoms with Gasteiger partial charge in [-0.25, -0.2) is 4.79 Å². The van der Waals surface area contributed by atoms with E-state index in [1.54, 1.807) is 0 Å². The van der Waals surface area contributed by atoms with E-state index in [1.165, 1.54) is 27.9 Å². The number of anilines is 1. The lowest BCUT2D eigenvalue weighted by molar-refractivity contribution is 0.246. The van der Waals surface area contributed by atoms with E-state index in [0.717, 1.165) is 45.3 Å². The second kappa shape index (κ2) is 6.06. The lowest BCUT2D eigenvalue weighted by atomic mass is 9.89. The first-order valence-corrected chi connectivity index (χ1v) is 8.12. The average molecular weight is 287 g/mol. The van der Waals surface area contributed by atoms with Gasteiger partial charge in [0.25, 0.3) is 0 Å². The van der Waals surface area contributed by atoms with Crippen LogP contribution in [0, 0.1) is 6.92 Å². The van der Waals surface area contributed by atoms with Crippen LogP contribution in [0.1, 0.15) is 35.6 Å². The second-order valence-corrected chi connectivity index (χ2v) is 5.99. The predicted octanol–water partition coefficient (Wildman–Crippen LogP) is 2.17. The highest BCUT2D eigenvalue weighted by molar-refractivity contribution is 5.94. The Kier molecular flexibility index (Phi) is 4.15. The summed E-state index contributed by atoms with van der Waals surface area (Å²) in [6.07, 6.45) is 4.32. The summed E-state index contributed by atoms with van der Waals surface area (Å²) >= 11 is 0. The summed E-state index contributed by atoms with van der Waals surface area (Å²) in [5, 5.41) is 6.42. The Labute approximate surface area is 126 Å². The molecule has 0 fully saturated rings. The number of aryl methyl sites for hydroxylation is 1. The molecule has 0 atom stereocenters. The van der Waals surface area contributed by atoms with Gasteiger partial charge >= 0.3 is 6.03 Å². The normalized spacial score (nSPS) is 17.7. The van der Waals surface area contributed by atoms with E-state index in [4.69, 9.17) is 0 Å². The van der Waals surface area contributed by atoms with Gasteiger partial charge in [-0.15, -0.1) is 0 Å². The molecular weight excluding hydrogens is 262 g/mol. The number of carbonyl (C=O) groups is 1. The van der Waals surface area contributed by atoms with Gasteiger partial charge in [0, 0.05) is 13.1 Å². The number of hydrogen-bond acceptors (Lipinski definition) is 2. The second-order valence-electron chi connectivity index (χ2n) is 5.99. The number of urea groups is 1. The van der Waals surface area contributed by atoms with Gasteiger partial charge < -0.3 is 10.6 Å². The molecule has 0 aromatic heterocycles. The van der Waals surface area contributed by atoms with Crippen LogP contribution >= 0.6 is 0 Å². The van der Waals surface area contributed by atoms with E-state index >= 15 is 0 Å². The van der Waals surface area contributed by atoms with Gasteiger partial charge in [0.05, 0.1) is 5.69 Å². The number of fused-ring (bicyclic) bond motifs is 2. The van der Waals surface area contributed by atoms with E-state index in [1.807, 2.05) is 11.8 Å². The Morgan fingerprint density at radius 1 is 1.29 bits per heavy atom. The number of carbonyl (C=O) groups excluding carboxylic acids is 1. The van der Waals surface area contributed by atoms with E-state index in [0.29, 0.717) is 6.54 Å². The van der Waals surface area contributed by atoms with Gasteiger partial charge in [-0.1, -0.05) is 6.07 Å². The first-order chi connectivity index (χ1) is 10.2. The summed E-state index contributed by atoms with van der Waals surface area (Å²) in [5.74, 6) is 0. The summed E-state index contributed by atoms with van der Waals surface area (Å²) < 4.78 is 0. The Balaban J connectivity index is 2.05. The first kappa shape index (κ1) is 14.4. The van der Waals surface area contributed by atoms with Gasteiger partial charge in [0.1, 0.15) is 0 Å². The molecule has 0 unspecified atom stereocenters. The number of rotatable bonds is 1. The van der Waals surface area contributed by atoms with Crippen molar-refractivity contribution in [3.8, 4) is 0 Å². The monoisotopic (exact) mass is 287 g/mol. The highest BCUT2D eigenvalue weighted by Crippen LogP contribution is 2.35. The molecule has 4 nitrogen and oxygen atoms in total. The van der Waals surface area contributed by atoms with Gasteiger partial charge in [-0.3, -0.25) is 4.90 Å². The number of hydrogen-bond donors (Lipinski definition) is 2. The number of nitrogens with one attached hydrogen (secondary N) is 2. The fraction of sp³-hybridized carbons (Fsp3) is 0.588. The van der Waals surface area contributed by atoms with E-state index < -0.39 is 0 Å². The summed E-state index contributed by atoms with van der Waals surface area (Å²) in [6, 6.07) is 2.41. The number of benzene rings is 1. The molecule has 2 amide bonds. The van der Waals surface area contributed by atoms with Crippen molar-refractivity contribution in [3.05, 3.63) is 28.3 Å².